The van der Waals surface area contributed by atoms with Crippen molar-refractivity contribution >= 4 is 38.2 Å². The van der Waals surface area contributed by atoms with Gasteiger partial charge in [0.05, 0.1) is 5.69 Å². The SMILES string of the molecule is CCC1(c2cccc(N(C3CC3)S(=O)(=O)OC(=O)C(=O)OS(N)(=O)=O)c2)C2CN(CCCC3CCC(F)(F)CC3)CC21. The number of alkyl halides is 2. The molecule has 15 heteroatoms. The predicted octanol–water partition coefficient (Wildman–Crippen LogP) is 3.01. The summed E-state index contributed by atoms with van der Waals surface area (Å²) in [7, 11) is -9.65. The van der Waals surface area contributed by atoms with Gasteiger partial charge >= 0.3 is 32.5 Å². The number of benzene rings is 1. The summed E-state index contributed by atoms with van der Waals surface area (Å²) >= 11 is 0. The summed E-state index contributed by atoms with van der Waals surface area (Å²) in [5, 5.41) is 4.57. The van der Waals surface area contributed by atoms with Crippen LogP contribution in [-0.4, -0.2) is 65.3 Å². The van der Waals surface area contributed by atoms with Gasteiger partial charge in [-0.05, 0) is 86.9 Å². The predicted molar refractivity (Wildman–Crippen MR) is 148 cm³/mol. The molecule has 42 heavy (non-hydrogen) atoms. The largest absolute Gasteiger partial charge is 0.435 e. The molecule has 0 aromatic heterocycles. The molecule has 4 fully saturated rings. The lowest BCUT2D eigenvalue weighted by Gasteiger charge is -2.30. The first-order valence-corrected chi connectivity index (χ1v) is 17.2. The van der Waals surface area contributed by atoms with E-state index in [-0.39, 0.29) is 23.9 Å². The Balaban J connectivity index is 1.22. The standard InChI is InChI=1S/C27H37F2N3O8S2/c1-2-27(22-16-31(17-23(22)27)14-4-5-18-10-12-26(28,29)13-11-18)19-6-3-7-21(15-19)32(20-8-9-20)42(37,38)40-25(34)24(33)39-41(30,35)36/h3,6-7,15,18,20,22-23H,2,4-5,8-14,16-17H2,1H3,(H2,30,35,36). The van der Waals surface area contributed by atoms with Gasteiger partial charge < -0.3 is 13.3 Å². The molecule has 2 atom stereocenters. The third kappa shape index (κ3) is 6.58. The summed E-state index contributed by atoms with van der Waals surface area (Å²) < 4.78 is 84.0. The van der Waals surface area contributed by atoms with Crippen LogP contribution in [-0.2, 0) is 44.0 Å². The quantitative estimate of drug-likeness (QED) is 0.362. The normalized spacial score (nSPS) is 27.7. The lowest BCUT2D eigenvalue weighted by Crippen LogP contribution is -2.38. The first-order chi connectivity index (χ1) is 19.6. The molecule has 0 amide bonds. The molecular weight excluding hydrogens is 596 g/mol. The van der Waals surface area contributed by atoms with Gasteiger partial charge in [0, 0.05) is 37.4 Å². The Bertz CT molecular complexity index is 1410. The molecule has 1 aromatic rings. The van der Waals surface area contributed by atoms with E-state index in [9.17, 15) is 35.2 Å². The number of carbonyl (C=O) groups is 2. The first kappa shape index (κ1) is 31.1. The third-order valence-corrected chi connectivity index (χ3v) is 11.2. The number of rotatable bonds is 11. The Hall–Kier alpha value is -2.36. The van der Waals surface area contributed by atoms with Crippen LogP contribution in [0.25, 0.3) is 0 Å². The van der Waals surface area contributed by atoms with Crippen molar-refractivity contribution in [3.05, 3.63) is 29.8 Å². The number of hydrogen-bond acceptors (Lipinski definition) is 9. The smallest absolute Gasteiger partial charge is 0.324 e. The van der Waals surface area contributed by atoms with Crippen molar-refractivity contribution in [2.75, 3.05) is 23.9 Å². The van der Waals surface area contributed by atoms with Crippen LogP contribution in [0.2, 0.25) is 0 Å². The number of hydrogen-bond donors (Lipinski definition) is 1. The Kier molecular flexibility index (Phi) is 8.35. The highest BCUT2D eigenvalue weighted by Gasteiger charge is 2.67. The van der Waals surface area contributed by atoms with Gasteiger partial charge in [0.25, 0.3) is 0 Å². The monoisotopic (exact) mass is 633 g/mol. The molecule has 1 aliphatic heterocycles. The van der Waals surface area contributed by atoms with E-state index in [0.29, 0.717) is 43.4 Å². The van der Waals surface area contributed by atoms with E-state index in [1.165, 1.54) is 0 Å². The van der Waals surface area contributed by atoms with Gasteiger partial charge in [0.2, 0.25) is 5.92 Å². The number of nitrogens with two attached hydrogens (primary N) is 1. The van der Waals surface area contributed by atoms with Gasteiger partial charge in [-0.3, -0.25) is 0 Å². The molecule has 2 N–H and O–H groups in total. The van der Waals surface area contributed by atoms with Crippen molar-refractivity contribution in [1.29, 1.82) is 0 Å². The number of nitrogens with zero attached hydrogens (tertiary/aromatic N) is 2. The molecule has 1 aromatic carbocycles. The van der Waals surface area contributed by atoms with Crippen LogP contribution in [0.5, 0.6) is 0 Å². The van der Waals surface area contributed by atoms with Gasteiger partial charge in [-0.15, -0.1) is 0 Å². The molecule has 1 saturated heterocycles. The molecule has 3 saturated carbocycles. The molecule has 0 spiro atoms. The van der Waals surface area contributed by atoms with Crippen LogP contribution < -0.4 is 9.44 Å². The number of piperidine rings is 1. The summed E-state index contributed by atoms with van der Waals surface area (Å²) in [5.74, 6) is -5.39. The Morgan fingerprint density at radius 3 is 2.21 bits per heavy atom. The first-order valence-electron chi connectivity index (χ1n) is 14.4. The van der Waals surface area contributed by atoms with Crippen LogP contribution in [0.15, 0.2) is 24.3 Å². The molecule has 234 valence electrons. The molecular formula is C27H37F2N3O8S2. The van der Waals surface area contributed by atoms with Gasteiger partial charge in [-0.2, -0.15) is 22.0 Å². The highest BCUT2D eigenvalue weighted by Crippen LogP contribution is 2.65. The molecule has 1 heterocycles. The van der Waals surface area contributed by atoms with E-state index in [2.05, 4.69) is 25.3 Å². The number of halogens is 2. The second-order valence-corrected chi connectivity index (χ2v) is 14.6. The molecule has 11 nitrogen and oxygen atoms in total. The van der Waals surface area contributed by atoms with E-state index in [4.69, 9.17) is 0 Å². The van der Waals surface area contributed by atoms with E-state index < -0.39 is 44.5 Å². The molecule has 5 rings (SSSR count). The van der Waals surface area contributed by atoms with Crippen molar-refractivity contribution in [3.63, 3.8) is 0 Å². The summed E-state index contributed by atoms with van der Waals surface area (Å²) in [5.41, 5.74) is 1.16. The lowest BCUT2D eigenvalue weighted by atomic mass is 9.84. The minimum absolute atomic E-state index is 0.00330. The maximum Gasteiger partial charge on any atom is 0.435 e. The van der Waals surface area contributed by atoms with Gasteiger partial charge in [0.1, 0.15) is 0 Å². The maximum absolute atomic E-state index is 13.4. The highest BCUT2D eigenvalue weighted by molar-refractivity contribution is 7.88. The summed E-state index contributed by atoms with van der Waals surface area (Å²) in [6.07, 6.45) is 5.05. The van der Waals surface area contributed by atoms with Crippen LogP contribution in [0.4, 0.5) is 14.5 Å². The fourth-order valence-corrected chi connectivity index (χ4v) is 8.79. The van der Waals surface area contributed by atoms with Crippen molar-refractivity contribution in [3.8, 4) is 0 Å². The Labute approximate surface area is 245 Å². The number of likely N-dealkylation sites (tertiary alicyclic amines) is 1. The van der Waals surface area contributed by atoms with E-state index in [1.54, 1.807) is 18.2 Å². The van der Waals surface area contributed by atoms with Crippen molar-refractivity contribution < 1.29 is 43.6 Å². The average Bonchev–Trinajstić information content (AvgIpc) is 3.79. The average molecular weight is 634 g/mol. The topological polar surface area (TPSA) is 153 Å². The number of fused-ring (bicyclic) bond motifs is 1. The Morgan fingerprint density at radius 2 is 1.64 bits per heavy atom. The Morgan fingerprint density at radius 1 is 1.02 bits per heavy atom. The minimum Gasteiger partial charge on any atom is -0.324 e. The fraction of sp³-hybridized carbons (Fsp3) is 0.704. The highest BCUT2D eigenvalue weighted by atomic mass is 32.2. The second-order valence-electron chi connectivity index (χ2n) is 12.1. The molecule has 2 unspecified atom stereocenters. The van der Waals surface area contributed by atoms with Gasteiger partial charge in [-0.1, -0.05) is 19.1 Å². The fourth-order valence-electron chi connectivity index (χ4n) is 7.22. The maximum atomic E-state index is 13.4. The van der Waals surface area contributed by atoms with Gasteiger partial charge in [0.15, 0.2) is 0 Å². The molecule has 0 bridgehead atoms. The number of carbonyl (C=O) groups excluding carboxylic acids is 2. The van der Waals surface area contributed by atoms with Crippen LogP contribution >= 0.6 is 0 Å². The number of anilines is 1. The third-order valence-electron chi connectivity index (χ3n) is 9.42. The van der Waals surface area contributed by atoms with Crippen LogP contribution in [0.3, 0.4) is 0 Å². The van der Waals surface area contributed by atoms with Crippen LogP contribution in [0.1, 0.15) is 70.3 Å². The van der Waals surface area contributed by atoms with Crippen molar-refractivity contribution in [2.45, 2.75) is 82.1 Å². The summed E-state index contributed by atoms with van der Waals surface area (Å²) in [6, 6.07) is 6.63. The lowest BCUT2D eigenvalue weighted by molar-refractivity contribution is -0.155. The molecule has 4 aliphatic rings. The molecule has 3 aliphatic carbocycles. The zero-order chi connectivity index (χ0) is 30.5. The van der Waals surface area contributed by atoms with E-state index in [0.717, 1.165) is 48.8 Å². The van der Waals surface area contributed by atoms with Gasteiger partial charge in [-0.25, -0.2) is 22.7 Å². The second kappa shape index (κ2) is 11.3. The van der Waals surface area contributed by atoms with E-state index >= 15 is 0 Å². The molecule has 0 radical (unpaired) electrons. The zero-order valence-electron chi connectivity index (χ0n) is 23.4. The van der Waals surface area contributed by atoms with E-state index in [1.807, 2.05) is 6.07 Å². The minimum atomic E-state index is -4.83. The van der Waals surface area contributed by atoms with Crippen molar-refractivity contribution in [1.82, 2.24) is 4.90 Å². The van der Waals surface area contributed by atoms with Crippen molar-refractivity contribution in [2.24, 2.45) is 22.9 Å². The summed E-state index contributed by atoms with van der Waals surface area (Å²) in [4.78, 5) is 26.1. The summed E-state index contributed by atoms with van der Waals surface area (Å²) in [6.45, 7) is 4.88. The van der Waals surface area contributed by atoms with Crippen LogP contribution in [0, 0.1) is 17.8 Å². The zero-order valence-corrected chi connectivity index (χ0v) is 25.0.